The van der Waals surface area contributed by atoms with E-state index in [1.54, 1.807) is 6.07 Å². The van der Waals surface area contributed by atoms with Gasteiger partial charge in [0.25, 0.3) is 0 Å². The van der Waals surface area contributed by atoms with Gasteiger partial charge in [0.2, 0.25) is 0 Å². The van der Waals surface area contributed by atoms with Crippen molar-refractivity contribution < 1.29 is 9.13 Å². The maximum absolute atomic E-state index is 13.6. The average molecular weight is 211 g/mol. The Morgan fingerprint density at radius 2 is 1.73 bits per heavy atom. The summed E-state index contributed by atoms with van der Waals surface area (Å²) in [6, 6.07) is 2.84. The van der Waals surface area contributed by atoms with Gasteiger partial charge in [-0.05, 0) is 6.07 Å². The highest BCUT2D eigenvalue weighted by Crippen LogP contribution is 2.27. The van der Waals surface area contributed by atoms with Crippen LogP contribution in [-0.2, 0) is 4.74 Å². The molecular formula is C10H14FN3O. The third kappa shape index (κ3) is 1.97. The molecule has 1 aliphatic rings. The minimum atomic E-state index is -0.330. The van der Waals surface area contributed by atoms with Gasteiger partial charge in [0.1, 0.15) is 5.82 Å². The molecule has 0 atom stereocenters. The standard InChI is InChI=1S/C10H14FN3O/c11-7-5-8(12)9(13)6-10(7)14-1-3-15-4-2-14/h5-6H,1-4,12-13H2. The van der Waals surface area contributed by atoms with E-state index in [2.05, 4.69) is 0 Å². The molecule has 0 aromatic heterocycles. The van der Waals surface area contributed by atoms with Crippen molar-refractivity contribution in [2.45, 2.75) is 0 Å². The number of hydrogen-bond acceptors (Lipinski definition) is 4. The Bertz CT molecular complexity index is 364. The first kappa shape index (κ1) is 10.0. The summed E-state index contributed by atoms with van der Waals surface area (Å²) in [7, 11) is 0. The third-order valence-electron chi connectivity index (χ3n) is 2.50. The maximum Gasteiger partial charge on any atom is 0.148 e. The molecule has 1 aromatic carbocycles. The molecule has 4 N–H and O–H groups in total. The van der Waals surface area contributed by atoms with Crippen LogP contribution < -0.4 is 16.4 Å². The summed E-state index contributed by atoms with van der Waals surface area (Å²) < 4.78 is 18.8. The summed E-state index contributed by atoms with van der Waals surface area (Å²) in [5.41, 5.74) is 12.4. The zero-order valence-electron chi connectivity index (χ0n) is 8.37. The Morgan fingerprint density at radius 3 is 2.40 bits per heavy atom. The lowest BCUT2D eigenvalue weighted by Crippen LogP contribution is -2.36. The maximum atomic E-state index is 13.6. The average Bonchev–Trinajstić information content (AvgIpc) is 2.25. The number of morpholine rings is 1. The summed E-state index contributed by atoms with van der Waals surface area (Å²) in [6.45, 7) is 2.59. The summed E-state index contributed by atoms with van der Waals surface area (Å²) in [5.74, 6) is -0.330. The topological polar surface area (TPSA) is 64.5 Å². The molecule has 1 aromatic rings. The Labute approximate surface area is 87.6 Å². The molecular weight excluding hydrogens is 197 g/mol. The highest BCUT2D eigenvalue weighted by atomic mass is 19.1. The summed E-state index contributed by atoms with van der Waals surface area (Å²) in [5, 5.41) is 0. The molecule has 82 valence electrons. The van der Waals surface area contributed by atoms with Gasteiger partial charge in [-0.1, -0.05) is 0 Å². The molecule has 5 heteroatoms. The van der Waals surface area contributed by atoms with Crippen molar-refractivity contribution in [2.24, 2.45) is 0 Å². The normalized spacial score (nSPS) is 16.7. The van der Waals surface area contributed by atoms with Crippen LogP contribution >= 0.6 is 0 Å². The molecule has 1 saturated heterocycles. The number of ether oxygens (including phenoxy) is 1. The fourth-order valence-electron chi connectivity index (χ4n) is 1.64. The molecule has 15 heavy (non-hydrogen) atoms. The van der Waals surface area contributed by atoms with Crippen LogP contribution in [0.4, 0.5) is 21.5 Å². The summed E-state index contributed by atoms with van der Waals surface area (Å²) >= 11 is 0. The Hall–Kier alpha value is -1.49. The molecule has 0 unspecified atom stereocenters. The number of rotatable bonds is 1. The van der Waals surface area contributed by atoms with Crippen LogP contribution in [-0.4, -0.2) is 26.3 Å². The Kier molecular flexibility index (Phi) is 2.64. The fraction of sp³-hybridized carbons (Fsp3) is 0.400. The van der Waals surface area contributed by atoms with E-state index in [-0.39, 0.29) is 11.5 Å². The number of benzene rings is 1. The molecule has 0 bridgehead atoms. The first-order chi connectivity index (χ1) is 7.18. The first-order valence-electron chi connectivity index (χ1n) is 4.85. The van der Waals surface area contributed by atoms with E-state index in [1.807, 2.05) is 4.90 Å². The minimum absolute atomic E-state index is 0.282. The van der Waals surface area contributed by atoms with Crippen molar-refractivity contribution in [3.63, 3.8) is 0 Å². The van der Waals surface area contributed by atoms with Gasteiger partial charge in [0.05, 0.1) is 30.3 Å². The van der Waals surface area contributed by atoms with Crippen LogP contribution in [0, 0.1) is 5.82 Å². The van der Waals surface area contributed by atoms with Crippen LogP contribution in [0.25, 0.3) is 0 Å². The van der Waals surface area contributed by atoms with Crippen molar-refractivity contribution in [3.05, 3.63) is 17.9 Å². The molecule has 0 radical (unpaired) electrons. The van der Waals surface area contributed by atoms with Crippen molar-refractivity contribution in [1.82, 2.24) is 0 Å². The second kappa shape index (κ2) is 3.94. The number of nitrogen functional groups attached to an aromatic ring is 2. The van der Waals surface area contributed by atoms with Crippen molar-refractivity contribution in [3.8, 4) is 0 Å². The van der Waals surface area contributed by atoms with E-state index in [1.165, 1.54) is 6.07 Å². The van der Waals surface area contributed by atoms with Crippen LogP contribution in [0.15, 0.2) is 12.1 Å². The monoisotopic (exact) mass is 211 g/mol. The van der Waals surface area contributed by atoms with Crippen LogP contribution in [0.1, 0.15) is 0 Å². The molecule has 0 saturated carbocycles. The number of anilines is 3. The summed E-state index contributed by atoms with van der Waals surface area (Å²) in [4.78, 5) is 1.91. The van der Waals surface area contributed by atoms with Gasteiger partial charge >= 0.3 is 0 Å². The van der Waals surface area contributed by atoms with E-state index >= 15 is 0 Å². The largest absolute Gasteiger partial charge is 0.397 e. The van der Waals surface area contributed by atoms with Gasteiger partial charge in [-0.25, -0.2) is 4.39 Å². The smallest absolute Gasteiger partial charge is 0.148 e. The highest BCUT2D eigenvalue weighted by molar-refractivity contribution is 5.70. The molecule has 1 aliphatic heterocycles. The van der Waals surface area contributed by atoms with E-state index in [0.29, 0.717) is 37.7 Å². The van der Waals surface area contributed by atoms with E-state index < -0.39 is 0 Å². The van der Waals surface area contributed by atoms with Gasteiger partial charge in [0, 0.05) is 19.2 Å². The highest BCUT2D eigenvalue weighted by Gasteiger charge is 2.16. The number of halogens is 1. The van der Waals surface area contributed by atoms with Crippen molar-refractivity contribution >= 4 is 17.1 Å². The zero-order valence-corrected chi connectivity index (χ0v) is 8.37. The van der Waals surface area contributed by atoms with Crippen LogP contribution in [0.3, 0.4) is 0 Å². The molecule has 0 spiro atoms. The zero-order chi connectivity index (χ0) is 10.8. The van der Waals surface area contributed by atoms with Crippen molar-refractivity contribution in [2.75, 3.05) is 42.7 Å². The van der Waals surface area contributed by atoms with E-state index in [0.717, 1.165) is 0 Å². The second-order valence-corrected chi connectivity index (χ2v) is 3.53. The van der Waals surface area contributed by atoms with E-state index in [4.69, 9.17) is 16.2 Å². The van der Waals surface area contributed by atoms with E-state index in [9.17, 15) is 4.39 Å². The molecule has 2 rings (SSSR count). The Balaban J connectivity index is 2.30. The lowest BCUT2D eigenvalue weighted by Gasteiger charge is -2.29. The summed E-state index contributed by atoms with van der Waals surface area (Å²) in [6.07, 6.45) is 0. The lowest BCUT2D eigenvalue weighted by molar-refractivity contribution is 0.122. The second-order valence-electron chi connectivity index (χ2n) is 3.53. The van der Waals surface area contributed by atoms with Crippen molar-refractivity contribution in [1.29, 1.82) is 0 Å². The van der Waals surface area contributed by atoms with Gasteiger partial charge < -0.3 is 21.1 Å². The predicted octanol–water partition coefficient (Wildman–Crippen LogP) is 0.827. The molecule has 4 nitrogen and oxygen atoms in total. The quantitative estimate of drug-likeness (QED) is 0.675. The molecule has 1 heterocycles. The number of nitrogens with zero attached hydrogens (tertiary/aromatic N) is 1. The Morgan fingerprint density at radius 1 is 1.13 bits per heavy atom. The van der Waals surface area contributed by atoms with Gasteiger partial charge in [-0.15, -0.1) is 0 Å². The third-order valence-corrected chi connectivity index (χ3v) is 2.50. The van der Waals surface area contributed by atoms with Gasteiger partial charge in [-0.2, -0.15) is 0 Å². The van der Waals surface area contributed by atoms with Gasteiger partial charge in [0.15, 0.2) is 0 Å². The molecule has 0 aliphatic carbocycles. The molecule has 1 fully saturated rings. The predicted molar refractivity (Wildman–Crippen MR) is 58.3 cm³/mol. The molecule has 0 amide bonds. The first-order valence-corrected chi connectivity index (χ1v) is 4.85. The number of hydrogen-bond donors (Lipinski definition) is 2. The number of nitrogens with two attached hydrogens (primary N) is 2. The fourth-order valence-corrected chi connectivity index (χ4v) is 1.64. The lowest BCUT2D eigenvalue weighted by atomic mass is 10.2. The van der Waals surface area contributed by atoms with Crippen LogP contribution in [0.5, 0.6) is 0 Å². The van der Waals surface area contributed by atoms with Gasteiger partial charge in [-0.3, -0.25) is 0 Å². The SMILES string of the molecule is Nc1cc(F)c(N2CCOCC2)cc1N. The van der Waals surface area contributed by atoms with Crippen LogP contribution in [0.2, 0.25) is 0 Å². The minimum Gasteiger partial charge on any atom is -0.397 e.